The minimum atomic E-state index is 0.409. The Kier molecular flexibility index (Phi) is 1.87. The summed E-state index contributed by atoms with van der Waals surface area (Å²) in [5.41, 5.74) is 1.16. The van der Waals surface area contributed by atoms with Crippen molar-refractivity contribution in [3.8, 4) is 0 Å². The average Bonchev–Trinajstić information content (AvgIpc) is 2.58. The third-order valence-corrected chi connectivity index (χ3v) is 1.94. The predicted molar refractivity (Wildman–Crippen MR) is 42.2 cm³/mol. The standard InChI is InChI=1S/C7H12N4/c1-2-10-11-6(1)7-5-8-3-4-9-7/h1-2,7-9H,3-5H2,(H,10,11)/t7-/m1/s1. The summed E-state index contributed by atoms with van der Waals surface area (Å²) in [4.78, 5) is 0. The van der Waals surface area contributed by atoms with E-state index in [0.717, 1.165) is 25.3 Å². The third-order valence-electron chi connectivity index (χ3n) is 1.94. The highest BCUT2D eigenvalue weighted by molar-refractivity contribution is 5.06. The molecule has 4 heteroatoms. The molecule has 1 aromatic heterocycles. The van der Waals surface area contributed by atoms with Crippen LogP contribution in [-0.4, -0.2) is 29.8 Å². The van der Waals surface area contributed by atoms with Crippen molar-refractivity contribution in [2.24, 2.45) is 0 Å². The first-order chi connectivity index (χ1) is 5.47. The summed E-state index contributed by atoms with van der Waals surface area (Å²) in [6.45, 7) is 3.08. The number of piperazine rings is 1. The fraction of sp³-hybridized carbons (Fsp3) is 0.571. The van der Waals surface area contributed by atoms with E-state index in [1.165, 1.54) is 0 Å². The Morgan fingerprint density at radius 3 is 3.09 bits per heavy atom. The maximum absolute atomic E-state index is 3.90. The molecular formula is C7H12N4. The van der Waals surface area contributed by atoms with Crippen LogP contribution in [-0.2, 0) is 0 Å². The Hall–Kier alpha value is -0.870. The summed E-state index contributed by atoms with van der Waals surface area (Å²) in [5.74, 6) is 0. The molecule has 2 rings (SSSR count). The normalized spacial score (nSPS) is 25.3. The summed E-state index contributed by atoms with van der Waals surface area (Å²) >= 11 is 0. The van der Waals surface area contributed by atoms with Gasteiger partial charge in [0.25, 0.3) is 0 Å². The van der Waals surface area contributed by atoms with E-state index in [1.54, 1.807) is 6.20 Å². The highest BCUT2D eigenvalue weighted by Gasteiger charge is 2.14. The molecule has 0 saturated carbocycles. The van der Waals surface area contributed by atoms with Gasteiger partial charge in [0.2, 0.25) is 0 Å². The van der Waals surface area contributed by atoms with Gasteiger partial charge in [0.15, 0.2) is 0 Å². The fourth-order valence-electron chi connectivity index (χ4n) is 1.33. The molecule has 3 N–H and O–H groups in total. The molecule has 1 atom stereocenters. The van der Waals surface area contributed by atoms with Crippen LogP contribution in [0.15, 0.2) is 12.3 Å². The molecule has 0 aromatic carbocycles. The van der Waals surface area contributed by atoms with Crippen LogP contribution < -0.4 is 10.6 Å². The minimum Gasteiger partial charge on any atom is -0.314 e. The van der Waals surface area contributed by atoms with Crippen LogP contribution in [0.2, 0.25) is 0 Å². The second-order valence-corrected chi connectivity index (χ2v) is 2.72. The number of aromatic amines is 1. The van der Waals surface area contributed by atoms with Crippen LogP contribution in [0.1, 0.15) is 11.7 Å². The van der Waals surface area contributed by atoms with Crippen LogP contribution in [0.25, 0.3) is 0 Å². The van der Waals surface area contributed by atoms with Gasteiger partial charge in [-0.25, -0.2) is 0 Å². The highest BCUT2D eigenvalue weighted by Crippen LogP contribution is 2.08. The van der Waals surface area contributed by atoms with Crippen LogP contribution in [0.3, 0.4) is 0 Å². The number of nitrogens with zero attached hydrogens (tertiary/aromatic N) is 1. The monoisotopic (exact) mass is 152 g/mol. The van der Waals surface area contributed by atoms with Gasteiger partial charge in [-0.15, -0.1) is 0 Å². The largest absolute Gasteiger partial charge is 0.314 e. The smallest absolute Gasteiger partial charge is 0.0616 e. The molecule has 1 fully saturated rings. The van der Waals surface area contributed by atoms with Gasteiger partial charge >= 0.3 is 0 Å². The van der Waals surface area contributed by atoms with Gasteiger partial charge in [-0.1, -0.05) is 0 Å². The highest BCUT2D eigenvalue weighted by atomic mass is 15.1. The first kappa shape index (κ1) is 6.82. The Morgan fingerprint density at radius 2 is 2.45 bits per heavy atom. The molecule has 0 spiro atoms. The van der Waals surface area contributed by atoms with Crippen molar-refractivity contribution in [1.29, 1.82) is 0 Å². The lowest BCUT2D eigenvalue weighted by molar-refractivity contribution is 0.423. The number of nitrogens with one attached hydrogen (secondary N) is 3. The number of H-pyrrole nitrogens is 1. The van der Waals surface area contributed by atoms with Crippen molar-refractivity contribution in [2.75, 3.05) is 19.6 Å². The SMILES string of the molecule is c1cc([C@H]2CNCCN2)[nH]n1. The molecular weight excluding hydrogens is 140 g/mol. The summed E-state index contributed by atoms with van der Waals surface area (Å²) in [7, 11) is 0. The van der Waals surface area contributed by atoms with Gasteiger partial charge in [0.05, 0.1) is 11.7 Å². The van der Waals surface area contributed by atoms with E-state index in [-0.39, 0.29) is 0 Å². The van der Waals surface area contributed by atoms with Gasteiger partial charge in [0, 0.05) is 25.8 Å². The van der Waals surface area contributed by atoms with E-state index >= 15 is 0 Å². The average molecular weight is 152 g/mol. The van der Waals surface area contributed by atoms with Crippen LogP contribution in [0.5, 0.6) is 0 Å². The van der Waals surface area contributed by atoms with Crippen LogP contribution >= 0.6 is 0 Å². The summed E-state index contributed by atoms with van der Waals surface area (Å²) in [6, 6.07) is 2.41. The second-order valence-electron chi connectivity index (χ2n) is 2.72. The lowest BCUT2D eigenvalue weighted by Gasteiger charge is -2.22. The minimum absolute atomic E-state index is 0.409. The molecule has 0 unspecified atom stereocenters. The molecule has 11 heavy (non-hydrogen) atoms. The van der Waals surface area contributed by atoms with Gasteiger partial charge in [-0.05, 0) is 6.07 Å². The molecule has 1 aliphatic rings. The van der Waals surface area contributed by atoms with Gasteiger partial charge < -0.3 is 10.6 Å². The Bertz CT molecular complexity index is 200. The molecule has 0 amide bonds. The Balaban J connectivity index is 2.04. The summed E-state index contributed by atoms with van der Waals surface area (Å²) in [6.07, 6.45) is 1.78. The van der Waals surface area contributed by atoms with Crippen molar-refractivity contribution >= 4 is 0 Å². The molecule has 60 valence electrons. The lowest BCUT2D eigenvalue weighted by atomic mass is 10.2. The van der Waals surface area contributed by atoms with Crippen molar-refractivity contribution < 1.29 is 0 Å². The number of aromatic nitrogens is 2. The van der Waals surface area contributed by atoms with E-state index in [9.17, 15) is 0 Å². The van der Waals surface area contributed by atoms with Crippen molar-refractivity contribution in [1.82, 2.24) is 20.8 Å². The van der Waals surface area contributed by atoms with E-state index in [2.05, 4.69) is 20.8 Å². The predicted octanol–water partition coefficient (Wildman–Crippen LogP) is -0.356. The van der Waals surface area contributed by atoms with E-state index in [1.807, 2.05) is 6.07 Å². The molecule has 1 aromatic rings. The quantitative estimate of drug-likeness (QED) is 0.515. The lowest BCUT2D eigenvalue weighted by Crippen LogP contribution is -2.42. The second kappa shape index (κ2) is 3.02. The van der Waals surface area contributed by atoms with E-state index < -0.39 is 0 Å². The van der Waals surface area contributed by atoms with Crippen molar-refractivity contribution in [3.63, 3.8) is 0 Å². The summed E-state index contributed by atoms with van der Waals surface area (Å²) < 4.78 is 0. The van der Waals surface area contributed by atoms with Crippen molar-refractivity contribution in [2.45, 2.75) is 6.04 Å². The summed E-state index contributed by atoms with van der Waals surface area (Å²) in [5, 5.41) is 13.6. The first-order valence-electron chi connectivity index (χ1n) is 3.90. The zero-order valence-electron chi connectivity index (χ0n) is 6.30. The number of rotatable bonds is 1. The van der Waals surface area contributed by atoms with Crippen molar-refractivity contribution in [3.05, 3.63) is 18.0 Å². The van der Waals surface area contributed by atoms with E-state index in [4.69, 9.17) is 0 Å². The number of hydrogen-bond donors (Lipinski definition) is 3. The van der Waals surface area contributed by atoms with E-state index in [0.29, 0.717) is 6.04 Å². The maximum Gasteiger partial charge on any atom is 0.0616 e. The topological polar surface area (TPSA) is 52.7 Å². The zero-order valence-corrected chi connectivity index (χ0v) is 6.30. The number of hydrogen-bond acceptors (Lipinski definition) is 3. The maximum atomic E-state index is 3.90. The van der Waals surface area contributed by atoms with Gasteiger partial charge in [0.1, 0.15) is 0 Å². The third kappa shape index (κ3) is 1.41. The fourth-order valence-corrected chi connectivity index (χ4v) is 1.33. The molecule has 2 heterocycles. The van der Waals surface area contributed by atoms with Gasteiger partial charge in [-0.2, -0.15) is 5.10 Å². The first-order valence-corrected chi connectivity index (χ1v) is 3.90. The Morgan fingerprint density at radius 1 is 1.45 bits per heavy atom. The molecule has 1 aliphatic heterocycles. The molecule has 0 radical (unpaired) electrons. The van der Waals surface area contributed by atoms with Crippen LogP contribution in [0.4, 0.5) is 0 Å². The van der Waals surface area contributed by atoms with Gasteiger partial charge in [-0.3, -0.25) is 5.10 Å². The molecule has 4 nitrogen and oxygen atoms in total. The Labute approximate surface area is 65.4 Å². The molecule has 1 saturated heterocycles. The molecule has 0 bridgehead atoms. The van der Waals surface area contributed by atoms with Crippen LogP contribution in [0, 0.1) is 0 Å². The zero-order chi connectivity index (χ0) is 7.52. The molecule has 0 aliphatic carbocycles.